The van der Waals surface area contributed by atoms with Gasteiger partial charge < -0.3 is 4.90 Å². The molecule has 2 nitrogen and oxygen atoms in total. The standard InChI is InChI=1S/C24H31NO/c1-15-10-22-20(17(3)16(2)13-24(22,4)5)12-19(15)21-11-18(14-26)8-9-23(21)25(6)7/h8-12,14,16-17H,13H2,1-7H3. The van der Waals surface area contributed by atoms with Crippen molar-refractivity contribution in [2.45, 2.75) is 52.4 Å². The molecule has 2 atom stereocenters. The summed E-state index contributed by atoms with van der Waals surface area (Å²) in [5, 5.41) is 0. The summed E-state index contributed by atoms with van der Waals surface area (Å²) in [4.78, 5) is 13.5. The first-order valence-corrected chi connectivity index (χ1v) is 9.57. The number of carbonyl (C=O) groups excluding carboxylic acids is 1. The van der Waals surface area contributed by atoms with Crippen molar-refractivity contribution in [1.29, 1.82) is 0 Å². The SMILES string of the molecule is Cc1cc2c(cc1-c1cc(C=O)ccc1N(C)C)C(C)C(C)CC2(C)C. The summed E-state index contributed by atoms with van der Waals surface area (Å²) < 4.78 is 0. The highest BCUT2D eigenvalue weighted by Crippen LogP contribution is 2.48. The van der Waals surface area contributed by atoms with Gasteiger partial charge in [-0.15, -0.1) is 0 Å². The summed E-state index contributed by atoms with van der Waals surface area (Å²) in [5.74, 6) is 1.22. The van der Waals surface area contributed by atoms with Crippen LogP contribution in [0.3, 0.4) is 0 Å². The molecule has 2 aromatic rings. The van der Waals surface area contributed by atoms with Crippen LogP contribution in [0.2, 0.25) is 0 Å². The largest absolute Gasteiger partial charge is 0.377 e. The summed E-state index contributed by atoms with van der Waals surface area (Å²) in [6.07, 6.45) is 2.16. The summed E-state index contributed by atoms with van der Waals surface area (Å²) >= 11 is 0. The van der Waals surface area contributed by atoms with Gasteiger partial charge in [-0.1, -0.05) is 39.8 Å². The molecule has 0 bridgehead atoms. The Bertz CT molecular complexity index is 848. The van der Waals surface area contributed by atoms with Crippen LogP contribution < -0.4 is 4.90 Å². The Morgan fingerprint density at radius 3 is 2.38 bits per heavy atom. The quantitative estimate of drug-likeness (QED) is 0.637. The van der Waals surface area contributed by atoms with Gasteiger partial charge in [-0.2, -0.15) is 0 Å². The number of benzene rings is 2. The molecule has 1 aliphatic rings. The van der Waals surface area contributed by atoms with Crippen molar-refractivity contribution in [2.75, 3.05) is 19.0 Å². The fourth-order valence-electron chi connectivity index (χ4n) is 4.61. The van der Waals surface area contributed by atoms with Gasteiger partial charge >= 0.3 is 0 Å². The average Bonchev–Trinajstić information content (AvgIpc) is 2.58. The molecular weight excluding hydrogens is 318 g/mol. The Hall–Kier alpha value is -2.09. The average molecular weight is 350 g/mol. The molecule has 0 aromatic heterocycles. The van der Waals surface area contributed by atoms with E-state index in [2.05, 4.69) is 65.7 Å². The molecule has 3 rings (SSSR count). The minimum Gasteiger partial charge on any atom is -0.377 e. The molecule has 2 heteroatoms. The Kier molecular flexibility index (Phi) is 4.72. The number of aryl methyl sites for hydroxylation is 1. The number of hydrogen-bond donors (Lipinski definition) is 0. The second-order valence-corrected chi connectivity index (χ2v) is 8.90. The van der Waals surface area contributed by atoms with Crippen molar-refractivity contribution in [3.8, 4) is 11.1 Å². The molecule has 2 unspecified atom stereocenters. The van der Waals surface area contributed by atoms with Gasteiger partial charge in [-0.05, 0) is 71.0 Å². The molecule has 0 aliphatic heterocycles. The van der Waals surface area contributed by atoms with Crippen LogP contribution in [0, 0.1) is 12.8 Å². The lowest BCUT2D eigenvalue weighted by Crippen LogP contribution is -2.31. The molecular formula is C24H31NO. The van der Waals surface area contributed by atoms with E-state index >= 15 is 0 Å². The van der Waals surface area contributed by atoms with Gasteiger partial charge in [0.2, 0.25) is 0 Å². The predicted molar refractivity (Wildman–Crippen MR) is 112 cm³/mol. The van der Waals surface area contributed by atoms with E-state index in [1.807, 2.05) is 18.2 Å². The van der Waals surface area contributed by atoms with Gasteiger partial charge in [0.05, 0.1) is 0 Å². The van der Waals surface area contributed by atoms with E-state index in [1.165, 1.54) is 28.7 Å². The summed E-state index contributed by atoms with van der Waals surface area (Å²) in [6, 6.07) is 10.8. The third-order valence-electron chi connectivity index (χ3n) is 6.23. The Balaban J connectivity index is 2.27. The maximum atomic E-state index is 11.4. The van der Waals surface area contributed by atoms with Gasteiger partial charge in [-0.3, -0.25) is 4.79 Å². The molecule has 0 radical (unpaired) electrons. The number of fused-ring (bicyclic) bond motifs is 1. The first kappa shape index (κ1) is 18.7. The molecule has 0 saturated heterocycles. The number of rotatable bonds is 3. The lowest BCUT2D eigenvalue weighted by atomic mass is 9.64. The van der Waals surface area contributed by atoms with Gasteiger partial charge in [0.1, 0.15) is 6.29 Å². The molecule has 0 N–H and O–H groups in total. The minimum atomic E-state index is 0.208. The van der Waals surface area contributed by atoms with E-state index in [0.29, 0.717) is 11.8 Å². The zero-order valence-electron chi connectivity index (χ0n) is 17.2. The van der Waals surface area contributed by atoms with Crippen LogP contribution in [-0.2, 0) is 5.41 Å². The van der Waals surface area contributed by atoms with Gasteiger partial charge in [0.25, 0.3) is 0 Å². The predicted octanol–water partition coefficient (Wildman–Crippen LogP) is 5.96. The zero-order valence-corrected chi connectivity index (χ0v) is 17.2. The molecule has 0 amide bonds. The van der Waals surface area contributed by atoms with Crippen LogP contribution in [0.1, 0.15) is 67.1 Å². The van der Waals surface area contributed by atoms with Crippen LogP contribution >= 0.6 is 0 Å². The van der Waals surface area contributed by atoms with Crippen LogP contribution in [0.5, 0.6) is 0 Å². The van der Waals surface area contributed by atoms with Crippen molar-refractivity contribution in [3.63, 3.8) is 0 Å². The third kappa shape index (κ3) is 3.06. The highest BCUT2D eigenvalue weighted by atomic mass is 16.1. The maximum absolute atomic E-state index is 11.4. The van der Waals surface area contributed by atoms with Gasteiger partial charge in [0, 0.05) is 30.9 Å². The number of aldehydes is 1. The minimum absolute atomic E-state index is 0.208. The Morgan fingerprint density at radius 1 is 1.08 bits per heavy atom. The molecule has 26 heavy (non-hydrogen) atoms. The lowest BCUT2D eigenvalue weighted by Gasteiger charge is -2.41. The zero-order chi connectivity index (χ0) is 19.2. The molecule has 0 spiro atoms. The fraction of sp³-hybridized carbons (Fsp3) is 0.458. The van der Waals surface area contributed by atoms with E-state index in [1.54, 1.807) is 0 Å². The van der Waals surface area contributed by atoms with Crippen molar-refractivity contribution < 1.29 is 4.79 Å². The number of nitrogens with zero attached hydrogens (tertiary/aromatic N) is 1. The van der Waals surface area contributed by atoms with Crippen molar-refractivity contribution in [3.05, 3.63) is 52.6 Å². The summed E-state index contributed by atoms with van der Waals surface area (Å²) in [5.41, 5.74) is 8.71. The van der Waals surface area contributed by atoms with Crippen LogP contribution in [0.15, 0.2) is 30.3 Å². The first-order valence-electron chi connectivity index (χ1n) is 9.57. The molecule has 0 heterocycles. The Morgan fingerprint density at radius 2 is 1.77 bits per heavy atom. The summed E-state index contributed by atoms with van der Waals surface area (Å²) in [7, 11) is 4.11. The van der Waals surface area contributed by atoms with Crippen LogP contribution in [0.4, 0.5) is 5.69 Å². The van der Waals surface area contributed by atoms with E-state index in [-0.39, 0.29) is 5.41 Å². The molecule has 0 fully saturated rings. The fourth-order valence-corrected chi connectivity index (χ4v) is 4.61. The number of anilines is 1. The van der Waals surface area contributed by atoms with E-state index < -0.39 is 0 Å². The van der Waals surface area contributed by atoms with E-state index in [9.17, 15) is 4.79 Å². The summed E-state index contributed by atoms with van der Waals surface area (Å²) in [6.45, 7) is 11.7. The third-order valence-corrected chi connectivity index (χ3v) is 6.23. The molecule has 1 aliphatic carbocycles. The monoisotopic (exact) mass is 349 g/mol. The molecule has 138 valence electrons. The smallest absolute Gasteiger partial charge is 0.150 e. The number of hydrogen-bond acceptors (Lipinski definition) is 2. The highest BCUT2D eigenvalue weighted by Gasteiger charge is 2.35. The van der Waals surface area contributed by atoms with Crippen molar-refractivity contribution >= 4 is 12.0 Å². The van der Waals surface area contributed by atoms with Gasteiger partial charge in [-0.25, -0.2) is 0 Å². The van der Waals surface area contributed by atoms with Crippen LogP contribution in [0.25, 0.3) is 11.1 Å². The maximum Gasteiger partial charge on any atom is 0.150 e. The van der Waals surface area contributed by atoms with Crippen molar-refractivity contribution in [1.82, 2.24) is 0 Å². The molecule has 2 aromatic carbocycles. The Labute approximate surface area is 158 Å². The van der Waals surface area contributed by atoms with Crippen molar-refractivity contribution in [2.24, 2.45) is 5.92 Å². The van der Waals surface area contributed by atoms with Crippen LogP contribution in [-0.4, -0.2) is 20.4 Å². The van der Waals surface area contributed by atoms with E-state index in [4.69, 9.17) is 0 Å². The van der Waals surface area contributed by atoms with Gasteiger partial charge in [0.15, 0.2) is 0 Å². The lowest BCUT2D eigenvalue weighted by molar-refractivity contribution is 0.112. The van der Waals surface area contributed by atoms with E-state index in [0.717, 1.165) is 23.1 Å². The topological polar surface area (TPSA) is 20.3 Å². The molecule has 0 saturated carbocycles. The highest BCUT2D eigenvalue weighted by molar-refractivity contribution is 5.87. The second kappa shape index (κ2) is 6.57. The first-order chi connectivity index (χ1) is 12.2. The number of carbonyl (C=O) groups is 1. The second-order valence-electron chi connectivity index (χ2n) is 8.90. The normalized spacial score (nSPS) is 21.2.